The highest BCUT2D eigenvalue weighted by atomic mass is 35.5. The second kappa shape index (κ2) is 5.47. The van der Waals surface area contributed by atoms with Crippen molar-refractivity contribution in [2.45, 2.75) is 37.1 Å². The molecular formula is C17H20ClN3. The molecule has 2 unspecified atom stereocenters. The molecule has 0 amide bonds. The zero-order valence-electron chi connectivity index (χ0n) is 12.0. The third-order valence-corrected chi connectivity index (χ3v) is 5.15. The molecule has 0 radical (unpaired) electrons. The van der Waals surface area contributed by atoms with Crippen molar-refractivity contribution in [3.63, 3.8) is 0 Å². The number of halogens is 1. The molecular weight excluding hydrogens is 282 g/mol. The van der Waals surface area contributed by atoms with Crippen LogP contribution in [0.5, 0.6) is 0 Å². The van der Waals surface area contributed by atoms with Gasteiger partial charge in [0.05, 0.1) is 6.33 Å². The predicted molar refractivity (Wildman–Crippen MR) is 84.9 cm³/mol. The summed E-state index contributed by atoms with van der Waals surface area (Å²) in [6, 6.07) is 8.95. The van der Waals surface area contributed by atoms with Crippen molar-refractivity contribution >= 4 is 11.6 Å². The van der Waals surface area contributed by atoms with E-state index in [0.717, 1.165) is 24.5 Å². The van der Waals surface area contributed by atoms with Crippen molar-refractivity contribution in [1.82, 2.24) is 14.9 Å². The third kappa shape index (κ3) is 2.49. The topological polar surface area (TPSA) is 29.9 Å². The molecule has 3 nitrogen and oxygen atoms in total. The van der Waals surface area contributed by atoms with Crippen molar-refractivity contribution in [2.24, 2.45) is 0 Å². The minimum absolute atomic E-state index is 0.432. The summed E-state index contributed by atoms with van der Waals surface area (Å²) in [6.45, 7) is 2.06. The molecule has 4 rings (SSSR count). The zero-order valence-corrected chi connectivity index (χ0v) is 12.8. The summed E-state index contributed by atoms with van der Waals surface area (Å²) >= 11 is 6.45. The van der Waals surface area contributed by atoms with Gasteiger partial charge in [-0.2, -0.15) is 0 Å². The molecule has 4 heteroatoms. The fraction of sp³-hybridized carbons (Fsp3) is 0.471. The van der Waals surface area contributed by atoms with Crippen LogP contribution in [0.4, 0.5) is 0 Å². The molecule has 2 fully saturated rings. The van der Waals surface area contributed by atoms with Crippen LogP contribution in [-0.4, -0.2) is 22.6 Å². The minimum atomic E-state index is 0.432. The van der Waals surface area contributed by atoms with Gasteiger partial charge >= 0.3 is 0 Å². The van der Waals surface area contributed by atoms with Crippen LogP contribution in [0, 0.1) is 0 Å². The summed E-state index contributed by atoms with van der Waals surface area (Å²) in [7, 11) is 0. The average Bonchev–Trinajstić information content (AvgIpc) is 3.25. The number of nitrogens with zero attached hydrogens (tertiary/aromatic N) is 2. The van der Waals surface area contributed by atoms with Gasteiger partial charge in [-0.05, 0) is 37.4 Å². The molecule has 1 saturated carbocycles. The highest BCUT2D eigenvalue weighted by Crippen LogP contribution is 2.43. The van der Waals surface area contributed by atoms with Gasteiger partial charge in [0, 0.05) is 41.3 Å². The molecule has 0 spiro atoms. The van der Waals surface area contributed by atoms with Gasteiger partial charge in [0.15, 0.2) is 0 Å². The number of benzene rings is 1. The third-order valence-electron chi connectivity index (χ3n) is 4.80. The SMILES string of the molecule is Clc1ccccc1C1CNCCC1c1cncn1C1CC1. The number of piperidine rings is 1. The van der Waals surface area contributed by atoms with Gasteiger partial charge in [-0.3, -0.25) is 0 Å². The Kier molecular flexibility index (Phi) is 3.48. The van der Waals surface area contributed by atoms with Gasteiger partial charge in [0.2, 0.25) is 0 Å². The molecule has 1 aromatic carbocycles. The number of rotatable bonds is 3. The van der Waals surface area contributed by atoms with Gasteiger partial charge in [-0.15, -0.1) is 0 Å². The predicted octanol–water partition coefficient (Wildman–Crippen LogP) is 3.73. The minimum Gasteiger partial charge on any atom is -0.331 e. The van der Waals surface area contributed by atoms with E-state index >= 15 is 0 Å². The summed E-state index contributed by atoms with van der Waals surface area (Å²) in [4.78, 5) is 4.42. The quantitative estimate of drug-likeness (QED) is 0.936. The lowest BCUT2D eigenvalue weighted by Gasteiger charge is -2.33. The lowest BCUT2D eigenvalue weighted by Crippen LogP contribution is -2.35. The fourth-order valence-electron chi connectivity index (χ4n) is 3.57. The summed E-state index contributed by atoms with van der Waals surface area (Å²) in [6.07, 6.45) is 7.82. The van der Waals surface area contributed by atoms with E-state index in [1.807, 2.05) is 18.5 Å². The Labute approximate surface area is 130 Å². The summed E-state index contributed by atoms with van der Waals surface area (Å²) in [5, 5.41) is 4.41. The van der Waals surface area contributed by atoms with Crippen LogP contribution < -0.4 is 5.32 Å². The lowest BCUT2D eigenvalue weighted by atomic mass is 9.79. The van der Waals surface area contributed by atoms with Crippen molar-refractivity contribution in [3.05, 3.63) is 53.1 Å². The van der Waals surface area contributed by atoms with Crippen molar-refractivity contribution in [2.75, 3.05) is 13.1 Å². The summed E-state index contributed by atoms with van der Waals surface area (Å²) in [5.41, 5.74) is 2.66. The first-order valence-electron chi connectivity index (χ1n) is 7.81. The molecule has 2 aromatic rings. The van der Waals surface area contributed by atoms with Crippen LogP contribution in [0.25, 0.3) is 0 Å². The van der Waals surface area contributed by atoms with Crippen molar-refractivity contribution < 1.29 is 0 Å². The molecule has 1 saturated heterocycles. The Morgan fingerprint density at radius 3 is 2.81 bits per heavy atom. The number of aromatic nitrogens is 2. The van der Waals surface area contributed by atoms with Gasteiger partial charge in [0.25, 0.3) is 0 Å². The van der Waals surface area contributed by atoms with Crippen LogP contribution in [0.3, 0.4) is 0 Å². The molecule has 0 bridgehead atoms. The van der Waals surface area contributed by atoms with Crippen molar-refractivity contribution in [1.29, 1.82) is 0 Å². The number of nitrogens with one attached hydrogen (secondary N) is 1. The van der Waals surface area contributed by atoms with E-state index < -0.39 is 0 Å². The normalized spacial score (nSPS) is 26.0. The molecule has 1 aliphatic carbocycles. The maximum atomic E-state index is 6.45. The van der Waals surface area contributed by atoms with E-state index in [9.17, 15) is 0 Å². The Hall–Kier alpha value is -1.32. The van der Waals surface area contributed by atoms with Crippen LogP contribution >= 0.6 is 11.6 Å². The average molecular weight is 302 g/mol. The molecule has 2 aliphatic rings. The van der Waals surface area contributed by atoms with Crippen LogP contribution in [0.15, 0.2) is 36.8 Å². The van der Waals surface area contributed by atoms with Crippen molar-refractivity contribution in [3.8, 4) is 0 Å². The van der Waals surface area contributed by atoms with E-state index in [1.54, 1.807) is 0 Å². The van der Waals surface area contributed by atoms with Crippen LogP contribution in [0.2, 0.25) is 5.02 Å². The highest BCUT2D eigenvalue weighted by Gasteiger charge is 2.34. The first kappa shape index (κ1) is 13.4. The maximum Gasteiger partial charge on any atom is 0.0950 e. The standard InChI is InChI=1S/C17H20ClN3/c18-16-4-2-1-3-13(16)15-9-19-8-7-14(15)17-10-20-11-21(17)12-5-6-12/h1-4,10-12,14-15,19H,5-9H2. The zero-order chi connectivity index (χ0) is 14.2. The summed E-state index contributed by atoms with van der Waals surface area (Å²) < 4.78 is 2.40. The number of imidazole rings is 1. The lowest BCUT2D eigenvalue weighted by molar-refractivity contribution is 0.388. The Morgan fingerprint density at radius 1 is 1.14 bits per heavy atom. The molecule has 1 N–H and O–H groups in total. The first-order valence-corrected chi connectivity index (χ1v) is 8.19. The number of hydrogen-bond donors (Lipinski definition) is 1. The fourth-order valence-corrected chi connectivity index (χ4v) is 3.85. The van der Waals surface area contributed by atoms with Gasteiger partial charge in [-0.1, -0.05) is 29.8 Å². The van der Waals surface area contributed by atoms with Crippen LogP contribution in [-0.2, 0) is 0 Å². The van der Waals surface area contributed by atoms with E-state index in [0.29, 0.717) is 17.9 Å². The largest absolute Gasteiger partial charge is 0.331 e. The number of hydrogen-bond acceptors (Lipinski definition) is 2. The van der Waals surface area contributed by atoms with E-state index in [1.165, 1.54) is 24.1 Å². The first-order chi connectivity index (χ1) is 10.3. The molecule has 110 valence electrons. The Balaban J connectivity index is 1.71. The Morgan fingerprint density at radius 2 is 2.00 bits per heavy atom. The van der Waals surface area contributed by atoms with Gasteiger partial charge in [-0.25, -0.2) is 4.98 Å². The van der Waals surface area contributed by atoms with Gasteiger partial charge in [0.1, 0.15) is 0 Å². The van der Waals surface area contributed by atoms with E-state index in [4.69, 9.17) is 11.6 Å². The van der Waals surface area contributed by atoms with E-state index in [2.05, 4.69) is 33.2 Å². The molecule has 2 heterocycles. The second-order valence-corrected chi connectivity index (χ2v) is 6.59. The van der Waals surface area contributed by atoms with Crippen LogP contribution in [0.1, 0.15) is 48.4 Å². The molecule has 1 aliphatic heterocycles. The summed E-state index contributed by atoms with van der Waals surface area (Å²) in [5.74, 6) is 0.941. The smallest absolute Gasteiger partial charge is 0.0950 e. The monoisotopic (exact) mass is 301 g/mol. The van der Waals surface area contributed by atoms with E-state index in [-0.39, 0.29) is 0 Å². The second-order valence-electron chi connectivity index (χ2n) is 6.18. The highest BCUT2D eigenvalue weighted by molar-refractivity contribution is 6.31. The van der Waals surface area contributed by atoms with Gasteiger partial charge < -0.3 is 9.88 Å². The molecule has 2 atom stereocenters. The molecule has 1 aromatic heterocycles. The maximum absolute atomic E-state index is 6.45. The Bertz CT molecular complexity index is 632. The molecule has 21 heavy (non-hydrogen) atoms.